The van der Waals surface area contributed by atoms with Gasteiger partial charge in [0.25, 0.3) is 0 Å². The average molecular weight is 309 g/mol. The third-order valence-electron chi connectivity index (χ3n) is 4.24. The molecule has 1 fully saturated rings. The number of amides is 1. The Morgan fingerprint density at radius 2 is 2.33 bits per heavy atom. The van der Waals surface area contributed by atoms with Gasteiger partial charge in [0.1, 0.15) is 5.38 Å². The highest BCUT2D eigenvalue weighted by molar-refractivity contribution is 6.32. The van der Waals surface area contributed by atoms with Gasteiger partial charge in [0, 0.05) is 30.7 Å². The van der Waals surface area contributed by atoms with Crippen LogP contribution in [-0.2, 0) is 9.53 Å². The van der Waals surface area contributed by atoms with E-state index in [9.17, 15) is 4.79 Å². The zero-order chi connectivity index (χ0) is 14.8. The molecule has 1 aromatic rings. The summed E-state index contributed by atoms with van der Waals surface area (Å²) >= 11 is 5.99. The number of ether oxygens (including phenoxy) is 1. The van der Waals surface area contributed by atoms with Crippen LogP contribution in [0.3, 0.4) is 0 Å². The predicted molar refractivity (Wildman–Crippen MR) is 84.1 cm³/mol. The van der Waals surface area contributed by atoms with Crippen LogP contribution in [-0.4, -0.2) is 43.6 Å². The van der Waals surface area contributed by atoms with Gasteiger partial charge in [-0.25, -0.2) is 0 Å². The summed E-state index contributed by atoms with van der Waals surface area (Å²) < 4.78 is 5.53. The summed E-state index contributed by atoms with van der Waals surface area (Å²) in [4.78, 5) is 14.1. The van der Waals surface area contributed by atoms with E-state index in [-0.39, 0.29) is 5.91 Å². The minimum Gasteiger partial charge on any atom is -0.379 e. The van der Waals surface area contributed by atoms with E-state index in [4.69, 9.17) is 16.3 Å². The molecule has 2 heterocycles. The quantitative estimate of drug-likeness (QED) is 0.870. The van der Waals surface area contributed by atoms with Crippen molar-refractivity contribution in [3.63, 3.8) is 0 Å². The van der Waals surface area contributed by atoms with E-state index in [0.717, 1.165) is 31.9 Å². The minimum atomic E-state index is -0.493. The van der Waals surface area contributed by atoms with Crippen molar-refractivity contribution >= 4 is 23.2 Å². The minimum absolute atomic E-state index is 0.0144. The van der Waals surface area contributed by atoms with E-state index in [1.807, 2.05) is 23.1 Å². The van der Waals surface area contributed by atoms with E-state index in [0.29, 0.717) is 18.5 Å². The van der Waals surface area contributed by atoms with Gasteiger partial charge in [-0.05, 0) is 25.0 Å². The average Bonchev–Trinajstić information content (AvgIpc) is 2.86. The number of para-hydroxylation sites is 1. The van der Waals surface area contributed by atoms with Crippen molar-refractivity contribution in [3.8, 4) is 0 Å². The molecule has 0 aromatic heterocycles. The zero-order valence-electron chi connectivity index (χ0n) is 12.2. The maximum atomic E-state index is 12.3. The fraction of sp³-hybridized carbons (Fsp3) is 0.562. The molecule has 1 N–H and O–H groups in total. The maximum absolute atomic E-state index is 12.3. The Bertz CT molecular complexity index is 515. The summed E-state index contributed by atoms with van der Waals surface area (Å²) in [6, 6.07) is 8.50. The first kappa shape index (κ1) is 14.8. The predicted octanol–water partition coefficient (Wildman–Crippen LogP) is 2.12. The van der Waals surface area contributed by atoms with Gasteiger partial charge in [-0.2, -0.15) is 0 Å². The first-order chi connectivity index (χ1) is 10.2. The van der Waals surface area contributed by atoms with Gasteiger partial charge in [0.05, 0.1) is 13.2 Å². The lowest BCUT2D eigenvalue weighted by Gasteiger charge is -2.26. The Hall–Kier alpha value is -1.10. The van der Waals surface area contributed by atoms with Crippen molar-refractivity contribution in [3.05, 3.63) is 29.8 Å². The number of fused-ring (bicyclic) bond motifs is 1. The molecule has 4 nitrogen and oxygen atoms in total. The zero-order valence-corrected chi connectivity index (χ0v) is 13.0. The molecule has 2 aliphatic rings. The van der Waals surface area contributed by atoms with E-state index in [2.05, 4.69) is 11.4 Å². The number of carbonyl (C=O) groups excluding carboxylic acids is 1. The molecule has 0 saturated carbocycles. The van der Waals surface area contributed by atoms with Crippen LogP contribution < -0.4 is 10.2 Å². The molecular weight excluding hydrogens is 288 g/mol. The molecule has 21 heavy (non-hydrogen) atoms. The highest BCUT2D eigenvalue weighted by Gasteiger charge is 2.34. The molecule has 3 atom stereocenters. The third-order valence-corrected chi connectivity index (χ3v) is 4.43. The summed E-state index contributed by atoms with van der Waals surface area (Å²) in [7, 11) is 0. The number of carbonyl (C=O) groups is 1. The van der Waals surface area contributed by atoms with Gasteiger partial charge in [0.2, 0.25) is 5.91 Å². The standard InChI is InChI=1S/C16H21ClN2O2/c1-11(17)16(20)19-9-12(8-13-10-21-7-6-18-13)14-4-2-3-5-15(14)19/h2-5,11-13,18H,6-10H2,1H3. The van der Waals surface area contributed by atoms with Gasteiger partial charge in [-0.1, -0.05) is 18.2 Å². The lowest BCUT2D eigenvalue weighted by Crippen LogP contribution is -2.42. The number of nitrogens with zero attached hydrogens (tertiary/aromatic N) is 1. The van der Waals surface area contributed by atoms with Crippen LogP contribution in [0, 0.1) is 0 Å². The number of hydrogen-bond donors (Lipinski definition) is 1. The van der Waals surface area contributed by atoms with Crippen molar-refractivity contribution < 1.29 is 9.53 Å². The fourth-order valence-corrected chi connectivity index (χ4v) is 3.35. The molecule has 0 aliphatic carbocycles. The normalized spacial score (nSPS) is 26.5. The molecule has 0 spiro atoms. The number of halogens is 1. The van der Waals surface area contributed by atoms with E-state index < -0.39 is 5.38 Å². The molecule has 0 radical (unpaired) electrons. The van der Waals surface area contributed by atoms with Crippen LogP contribution >= 0.6 is 11.6 Å². The first-order valence-electron chi connectivity index (χ1n) is 7.52. The monoisotopic (exact) mass is 308 g/mol. The highest BCUT2D eigenvalue weighted by Crippen LogP contribution is 2.39. The van der Waals surface area contributed by atoms with E-state index in [1.165, 1.54) is 5.56 Å². The van der Waals surface area contributed by atoms with E-state index in [1.54, 1.807) is 6.92 Å². The van der Waals surface area contributed by atoms with Crippen LogP contribution in [0.25, 0.3) is 0 Å². The van der Waals surface area contributed by atoms with Crippen molar-refractivity contribution in [2.24, 2.45) is 0 Å². The Balaban J connectivity index is 1.78. The summed E-state index contributed by atoms with van der Waals surface area (Å²) in [6.45, 7) is 4.88. The summed E-state index contributed by atoms with van der Waals surface area (Å²) in [5.74, 6) is 0.333. The third kappa shape index (κ3) is 3.07. The number of nitrogens with one attached hydrogen (secondary N) is 1. The largest absolute Gasteiger partial charge is 0.379 e. The van der Waals surface area contributed by atoms with Crippen molar-refractivity contribution in [2.45, 2.75) is 30.7 Å². The number of hydrogen-bond acceptors (Lipinski definition) is 3. The summed E-state index contributed by atoms with van der Waals surface area (Å²) in [6.07, 6.45) is 0.984. The number of benzene rings is 1. The Labute approximate surface area is 130 Å². The SMILES string of the molecule is CC(Cl)C(=O)N1CC(CC2COCCN2)c2ccccc21. The van der Waals surface area contributed by atoms with Crippen LogP contribution in [0.4, 0.5) is 5.69 Å². The first-order valence-corrected chi connectivity index (χ1v) is 7.96. The second kappa shape index (κ2) is 6.34. The van der Waals surface area contributed by atoms with Gasteiger partial charge in [0.15, 0.2) is 0 Å². The smallest absolute Gasteiger partial charge is 0.244 e. The van der Waals surface area contributed by atoms with Crippen LogP contribution in [0.1, 0.15) is 24.8 Å². The molecule has 114 valence electrons. The molecule has 3 unspecified atom stereocenters. The Kier molecular flexibility index (Phi) is 4.48. The van der Waals surface area contributed by atoms with Gasteiger partial charge >= 0.3 is 0 Å². The molecule has 1 amide bonds. The molecule has 1 aromatic carbocycles. The van der Waals surface area contributed by atoms with Crippen LogP contribution in [0.15, 0.2) is 24.3 Å². The van der Waals surface area contributed by atoms with Crippen molar-refractivity contribution in [1.29, 1.82) is 0 Å². The molecule has 3 rings (SSSR count). The second-order valence-corrected chi connectivity index (χ2v) is 6.44. The lowest BCUT2D eigenvalue weighted by molar-refractivity contribution is -0.117. The Morgan fingerprint density at radius 3 is 3.05 bits per heavy atom. The molecule has 1 saturated heterocycles. The lowest BCUT2D eigenvalue weighted by atomic mass is 9.94. The highest BCUT2D eigenvalue weighted by atomic mass is 35.5. The van der Waals surface area contributed by atoms with Gasteiger partial charge in [-0.15, -0.1) is 11.6 Å². The van der Waals surface area contributed by atoms with E-state index >= 15 is 0 Å². The van der Waals surface area contributed by atoms with Crippen molar-refractivity contribution in [2.75, 3.05) is 31.2 Å². The fourth-order valence-electron chi connectivity index (χ4n) is 3.24. The Morgan fingerprint density at radius 1 is 1.52 bits per heavy atom. The summed E-state index contributed by atoms with van der Waals surface area (Å²) in [5, 5.41) is 3.00. The topological polar surface area (TPSA) is 41.6 Å². The number of alkyl halides is 1. The molecule has 5 heteroatoms. The molecular formula is C16H21ClN2O2. The number of rotatable bonds is 3. The van der Waals surface area contributed by atoms with Crippen LogP contribution in [0.5, 0.6) is 0 Å². The van der Waals surface area contributed by atoms with Crippen LogP contribution in [0.2, 0.25) is 0 Å². The van der Waals surface area contributed by atoms with Gasteiger partial charge < -0.3 is 15.0 Å². The number of anilines is 1. The molecule has 0 bridgehead atoms. The molecule has 2 aliphatic heterocycles. The maximum Gasteiger partial charge on any atom is 0.244 e. The second-order valence-electron chi connectivity index (χ2n) is 5.78. The van der Waals surface area contributed by atoms with Crippen molar-refractivity contribution in [1.82, 2.24) is 5.32 Å². The summed E-state index contributed by atoms with van der Waals surface area (Å²) in [5.41, 5.74) is 2.26. The number of morpholine rings is 1. The van der Waals surface area contributed by atoms with Gasteiger partial charge in [-0.3, -0.25) is 4.79 Å².